The normalized spacial score (nSPS) is 18.0. The summed E-state index contributed by atoms with van der Waals surface area (Å²) in [7, 11) is 0. The van der Waals surface area contributed by atoms with Crippen LogP contribution in [0.25, 0.3) is 10.8 Å². The quantitative estimate of drug-likeness (QED) is 0.781. The average molecular weight is 271 g/mol. The number of fused-ring (bicyclic) bond motifs is 1. The van der Waals surface area contributed by atoms with Crippen molar-refractivity contribution in [3.8, 4) is 0 Å². The van der Waals surface area contributed by atoms with E-state index in [1.165, 1.54) is 6.20 Å². The molecule has 102 valence electrons. The van der Waals surface area contributed by atoms with Gasteiger partial charge in [0.25, 0.3) is 0 Å². The molecule has 1 fully saturated rings. The van der Waals surface area contributed by atoms with Gasteiger partial charge in [-0.05, 0) is 0 Å². The second-order valence-corrected chi connectivity index (χ2v) is 4.72. The van der Waals surface area contributed by atoms with Crippen LogP contribution in [0.3, 0.4) is 0 Å². The lowest BCUT2D eigenvalue weighted by molar-refractivity contribution is -0.119. The number of nitrogens with zero attached hydrogens (tertiary/aromatic N) is 1. The van der Waals surface area contributed by atoms with E-state index in [1.807, 2.05) is 12.1 Å². The first kappa shape index (κ1) is 12.4. The molecule has 0 radical (unpaired) electrons. The molecule has 3 rings (SSSR count). The zero-order valence-electron chi connectivity index (χ0n) is 10.6. The molecule has 1 unspecified atom stereocenters. The van der Waals surface area contributed by atoms with Crippen molar-refractivity contribution in [2.75, 3.05) is 11.9 Å². The molecule has 1 atom stereocenters. The van der Waals surface area contributed by atoms with Crippen LogP contribution in [0.1, 0.15) is 16.8 Å². The first-order valence-corrected chi connectivity index (χ1v) is 6.29. The summed E-state index contributed by atoms with van der Waals surface area (Å²) < 4.78 is 0. The zero-order chi connectivity index (χ0) is 14.1. The van der Waals surface area contributed by atoms with Crippen molar-refractivity contribution in [3.05, 3.63) is 36.0 Å². The Morgan fingerprint density at radius 3 is 2.75 bits per heavy atom. The van der Waals surface area contributed by atoms with E-state index >= 15 is 0 Å². The number of benzene rings is 1. The van der Waals surface area contributed by atoms with Crippen molar-refractivity contribution in [3.63, 3.8) is 0 Å². The molecule has 0 aliphatic carbocycles. The molecule has 1 aliphatic heterocycles. The van der Waals surface area contributed by atoms with E-state index < -0.39 is 5.97 Å². The van der Waals surface area contributed by atoms with Crippen LogP contribution in [-0.4, -0.2) is 34.6 Å². The lowest BCUT2D eigenvalue weighted by Crippen LogP contribution is -2.23. The predicted octanol–water partition coefficient (Wildman–Crippen LogP) is 1.23. The average Bonchev–Trinajstić information content (AvgIpc) is 2.84. The summed E-state index contributed by atoms with van der Waals surface area (Å²) in [5, 5.41) is 16.5. The van der Waals surface area contributed by atoms with Gasteiger partial charge >= 0.3 is 5.97 Å². The Labute approximate surface area is 114 Å². The molecule has 1 aromatic heterocycles. The van der Waals surface area contributed by atoms with Crippen molar-refractivity contribution >= 4 is 28.5 Å². The van der Waals surface area contributed by atoms with Crippen molar-refractivity contribution in [1.82, 2.24) is 10.3 Å². The molecule has 6 heteroatoms. The van der Waals surface area contributed by atoms with Crippen molar-refractivity contribution < 1.29 is 14.7 Å². The second-order valence-electron chi connectivity index (χ2n) is 4.72. The maximum Gasteiger partial charge on any atom is 0.337 e. The van der Waals surface area contributed by atoms with E-state index in [0.717, 1.165) is 5.39 Å². The summed E-state index contributed by atoms with van der Waals surface area (Å²) in [6.45, 7) is 0.551. The van der Waals surface area contributed by atoms with Crippen LogP contribution >= 0.6 is 0 Å². The predicted molar refractivity (Wildman–Crippen MR) is 73.7 cm³/mol. The van der Waals surface area contributed by atoms with Crippen molar-refractivity contribution in [1.29, 1.82) is 0 Å². The first-order valence-electron chi connectivity index (χ1n) is 6.29. The number of rotatable bonds is 3. The number of hydrogen-bond acceptors (Lipinski definition) is 4. The summed E-state index contributed by atoms with van der Waals surface area (Å²) in [5.41, 5.74) is 0.173. The molecule has 2 aromatic rings. The minimum Gasteiger partial charge on any atom is -0.478 e. The lowest BCUT2D eigenvalue weighted by Gasteiger charge is -2.14. The number of carbonyl (C=O) groups is 2. The number of amides is 1. The molecular formula is C14H13N3O3. The van der Waals surface area contributed by atoms with E-state index in [2.05, 4.69) is 15.6 Å². The highest BCUT2D eigenvalue weighted by molar-refractivity contribution is 6.06. The third-order valence-corrected chi connectivity index (χ3v) is 3.34. The molecule has 3 N–H and O–H groups in total. The van der Waals surface area contributed by atoms with E-state index in [4.69, 9.17) is 0 Å². The Bertz CT molecular complexity index is 699. The number of pyridine rings is 1. The van der Waals surface area contributed by atoms with Crippen LogP contribution in [0.15, 0.2) is 30.5 Å². The molecule has 0 spiro atoms. The van der Waals surface area contributed by atoms with Gasteiger partial charge in [0.2, 0.25) is 5.91 Å². The van der Waals surface area contributed by atoms with Crippen LogP contribution in [0.5, 0.6) is 0 Å². The van der Waals surface area contributed by atoms with Gasteiger partial charge in [-0.2, -0.15) is 0 Å². The Kier molecular flexibility index (Phi) is 2.98. The van der Waals surface area contributed by atoms with Crippen LogP contribution < -0.4 is 10.6 Å². The monoisotopic (exact) mass is 271 g/mol. The summed E-state index contributed by atoms with van der Waals surface area (Å²) in [6, 6.07) is 7.18. The Morgan fingerprint density at radius 2 is 2.10 bits per heavy atom. The summed E-state index contributed by atoms with van der Waals surface area (Å²) in [4.78, 5) is 26.6. The van der Waals surface area contributed by atoms with Gasteiger partial charge in [-0.3, -0.25) is 4.79 Å². The lowest BCUT2D eigenvalue weighted by atomic mass is 10.1. The van der Waals surface area contributed by atoms with Crippen LogP contribution in [0.2, 0.25) is 0 Å². The fourth-order valence-electron chi connectivity index (χ4n) is 2.38. The van der Waals surface area contributed by atoms with Crippen LogP contribution in [-0.2, 0) is 4.79 Å². The molecule has 1 aliphatic rings. The smallest absolute Gasteiger partial charge is 0.337 e. The molecular weight excluding hydrogens is 258 g/mol. The Balaban J connectivity index is 2.02. The topological polar surface area (TPSA) is 91.3 Å². The molecule has 6 nitrogen and oxygen atoms in total. The third kappa shape index (κ3) is 2.16. The first-order chi connectivity index (χ1) is 9.65. The molecule has 1 amide bonds. The molecule has 1 saturated heterocycles. The number of nitrogens with one attached hydrogen (secondary N) is 2. The number of carboxylic acids is 1. The maximum atomic E-state index is 11.2. The molecule has 20 heavy (non-hydrogen) atoms. The minimum absolute atomic E-state index is 0.00830. The van der Waals surface area contributed by atoms with Crippen LogP contribution in [0.4, 0.5) is 5.82 Å². The fourth-order valence-corrected chi connectivity index (χ4v) is 2.38. The molecule has 0 bridgehead atoms. The van der Waals surface area contributed by atoms with Crippen molar-refractivity contribution in [2.45, 2.75) is 12.5 Å². The number of aromatic nitrogens is 1. The van der Waals surface area contributed by atoms with Gasteiger partial charge in [0, 0.05) is 29.9 Å². The van der Waals surface area contributed by atoms with E-state index in [9.17, 15) is 14.7 Å². The van der Waals surface area contributed by atoms with Gasteiger partial charge in [0.1, 0.15) is 5.82 Å². The minimum atomic E-state index is -1.00. The van der Waals surface area contributed by atoms with Crippen LogP contribution in [0, 0.1) is 0 Å². The summed E-state index contributed by atoms with van der Waals surface area (Å²) >= 11 is 0. The summed E-state index contributed by atoms with van der Waals surface area (Å²) in [5.74, 6) is -0.390. The van der Waals surface area contributed by atoms with Gasteiger partial charge in [-0.15, -0.1) is 0 Å². The van der Waals surface area contributed by atoms with Gasteiger partial charge in [-0.25, -0.2) is 9.78 Å². The second kappa shape index (κ2) is 4.80. The number of carboxylic acid groups (broad SMARTS) is 1. The molecule has 1 aromatic carbocycles. The number of carbonyl (C=O) groups excluding carboxylic acids is 1. The maximum absolute atomic E-state index is 11.2. The number of hydrogen-bond donors (Lipinski definition) is 3. The SMILES string of the molecule is O=C1CC(Nc2ncc(C(=O)O)c3ccccc23)CN1. The van der Waals surface area contributed by atoms with E-state index in [1.54, 1.807) is 12.1 Å². The zero-order valence-corrected chi connectivity index (χ0v) is 10.6. The number of anilines is 1. The number of aromatic carboxylic acids is 1. The highest BCUT2D eigenvalue weighted by Gasteiger charge is 2.22. The van der Waals surface area contributed by atoms with Gasteiger partial charge in [-0.1, -0.05) is 24.3 Å². The molecule has 2 heterocycles. The van der Waals surface area contributed by atoms with Crippen molar-refractivity contribution in [2.24, 2.45) is 0 Å². The standard InChI is InChI=1S/C14H13N3O3/c18-12-5-8(6-15-12)17-13-10-4-2-1-3-9(10)11(7-16-13)14(19)20/h1-4,7-8H,5-6H2,(H,15,18)(H,16,17)(H,19,20). The molecule has 0 saturated carbocycles. The van der Waals surface area contributed by atoms with E-state index in [-0.39, 0.29) is 17.5 Å². The van der Waals surface area contributed by atoms with E-state index in [0.29, 0.717) is 24.2 Å². The summed E-state index contributed by atoms with van der Waals surface area (Å²) in [6.07, 6.45) is 1.74. The highest BCUT2D eigenvalue weighted by Crippen LogP contribution is 2.25. The third-order valence-electron chi connectivity index (χ3n) is 3.34. The van der Waals surface area contributed by atoms with Gasteiger partial charge < -0.3 is 15.7 Å². The Morgan fingerprint density at radius 1 is 1.35 bits per heavy atom. The van der Waals surface area contributed by atoms with Gasteiger partial charge in [0.05, 0.1) is 11.6 Å². The largest absolute Gasteiger partial charge is 0.478 e. The highest BCUT2D eigenvalue weighted by atomic mass is 16.4. The van der Waals surface area contributed by atoms with Gasteiger partial charge in [0.15, 0.2) is 0 Å². The fraction of sp³-hybridized carbons (Fsp3) is 0.214. The Hall–Kier alpha value is -2.63.